The lowest BCUT2D eigenvalue weighted by atomic mass is 10.1. The molecule has 0 saturated heterocycles. The quantitative estimate of drug-likeness (QED) is 0.719. The zero-order valence-corrected chi connectivity index (χ0v) is 10.5. The van der Waals surface area contributed by atoms with Crippen LogP contribution >= 0.6 is 0 Å². The van der Waals surface area contributed by atoms with Gasteiger partial charge in [-0.1, -0.05) is 13.8 Å². The Balaban J connectivity index is 0.000000921. The van der Waals surface area contributed by atoms with Gasteiger partial charge >= 0.3 is 0 Å². The van der Waals surface area contributed by atoms with E-state index in [1.54, 1.807) is 6.20 Å². The maximum absolute atomic E-state index is 5.48. The number of rotatable bonds is 3. The van der Waals surface area contributed by atoms with Gasteiger partial charge in [-0.05, 0) is 27.3 Å². The minimum Gasteiger partial charge on any atom is -0.378 e. The lowest BCUT2D eigenvalue weighted by Crippen LogP contribution is -2.26. The molecule has 0 fully saturated rings. The number of hydrogen-bond donors (Lipinski definition) is 3. The molecule has 1 aromatic rings. The van der Waals surface area contributed by atoms with Crippen LogP contribution in [0.1, 0.15) is 40.3 Å². The van der Waals surface area contributed by atoms with Gasteiger partial charge in [0.1, 0.15) is 0 Å². The second-order valence-electron chi connectivity index (χ2n) is 4.18. The van der Waals surface area contributed by atoms with E-state index >= 15 is 0 Å². The van der Waals surface area contributed by atoms with E-state index in [0.717, 1.165) is 17.8 Å². The molecular formula is C11H24N4. The van der Waals surface area contributed by atoms with Crippen molar-refractivity contribution >= 4 is 5.69 Å². The third-order valence-electron chi connectivity index (χ3n) is 1.62. The Labute approximate surface area is 92.6 Å². The van der Waals surface area contributed by atoms with Crippen LogP contribution < -0.4 is 11.1 Å². The van der Waals surface area contributed by atoms with Gasteiger partial charge < -0.3 is 11.1 Å². The van der Waals surface area contributed by atoms with Gasteiger partial charge in [-0.15, -0.1) is 0 Å². The Morgan fingerprint density at radius 1 is 1.40 bits per heavy atom. The zero-order chi connectivity index (χ0) is 11.9. The molecule has 15 heavy (non-hydrogen) atoms. The first-order valence-corrected chi connectivity index (χ1v) is 5.53. The maximum Gasteiger partial charge on any atom is 0.0760 e. The topological polar surface area (TPSA) is 66.7 Å². The molecule has 4 nitrogen and oxygen atoms in total. The summed E-state index contributed by atoms with van der Waals surface area (Å²) in [7, 11) is 0. The molecule has 0 aliphatic heterocycles. The van der Waals surface area contributed by atoms with E-state index in [4.69, 9.17) is 5.73 Å². The van der Waals surface area contributed by atoms with Crippen LogP contribution in [0.5, 0.6) is 0 Å². The van der Waals surface area contributed by atoms with Gasteiger partial charge in [-0.3, -0.25) is 5.10 Å². The Hall–Kier alpha value is -1.03. The summed E-state index contributed by atoms with van der Waals surface area (Å²) in [5.41, 5.74) is 7.67. The van der Waals surface area contributed by atoms with Gasteiger partial charge in [-0.2, -0.15) is 5.10 Å². The van der Waals surface area contributed by atoms with E-state index in [-0.39, 0.29) is 5.54 Å². The third kappa shape index (κ3) is 5.42. The molecule has 1 aromatic heterocycles. The van der Waals surface area contributed by atoms with E-state index in [1.807, 2.05) is 13.8 Å². The van der Waals surface area contributed by atoms with Crippen molar-refractivity contribution in [3.8, 4) is 0 Å². The largest absolute Gasteiger partial charge is 0.378 e. The number of nitrogens with two attached hydrogens (primary N) is 1. The highest BCUT2D eigenvalue weighted by atomic mass is 15.1. The fourth-order valence-corrected chi connectivity index (χ4v) is 1.16. The van der Waals surface area contributed by atoms with Gasteiger partial charge in [0.05, 0.1) is 17.6 Å². The first-order chi connectivity index (χ1) is 7.03. The second-order valence-corrected chi connectivity index (χ2v) is 4.18. The summed E-state index contributed by atoms with van der Waals surface area (Å²) in [4.78, 5) is 0. The van der Waals surface area contributed by atoms with Gasteiger partial charge in [0.2, 0.25) is 0 Å². The summed E-state index contributed by atoms with van der Waals surface area (Å²) < 4.78 is 0. The van der Waals surface area contributed by atoms with Gasteiger partial charge in [0.25, 0.3) is 0 Å². The van der Waals surface area contributed by atoms with Crippen molar-refractivity contribution in [2.75, 3.05) is 11.9 Å². The lowest BCUT2D eigenvalue weighted by molar-refractivity contribution is 0.632. The third-order valence-corrected chi connectivity index (χ3v) is 1.62. The first kappa shape index (κ1) is 14.0. The summed E-state index contributed by atoms with van der Waals surface area (Å²) in [6.45, 7) is 11.0. The van der Waals surface area contributed by atoms with Crippen molar-refractivity contribution < 1.29 is 0 Å². The molecule has 0 aliphatic rings. The van der Waals surface area contributed by atoms with Crippen LogP contribution in [-0.2, 0) is 6.42 Å². The van der Waals surface area contributed by atoms with Crippen molar-refractivity contribution in [1.29, 1.82) is 0 Å². The summed E-state index contributed by atoms with van der Waals surface area (Å²) >= 11 is 0. The van der Waals surface area contributed by atoms with Crippen LogP contribution in [0.15, 0.2) is 6.20 Å². The lowest BCUT2D eigenvalue weighted by Gasteiger charge is -2.21. The molecule has 0 atom stereocenters. The molecule has 0 radical (unpaired) electrons. The first-order valence-electron chi connectivity index (χ1n) is 5.53. The summed E-state index contributed by atoms with van der Waals surface area (Å²) in [5, 5.41) is 10.3. The molecule has 0 saturated carbocycles. The SMILES string of the molecule is CC.CC(C)(C)Nc1cn[nH]c1CCN. The highest BCUT2D eigenvalue weighted by molar-refractivity contribution is 5.47. The highest BCUT2D eigenvalue weighted by Crippen LogP contribution is 2.17. The van der Waals surface area contributed by atoms with Crippen LogP contribution in [-0.4, -0.2) is 22.3 Å². The Morgan fingerprint density at radius 3 is 2.47 bits per heavy atom. The fourth-order valence-electron chi connectivity index (χ4n) is 1.16. The van der Waals surface area contributed by atoms with Gasteiger partial charge in [0, 0.05) is 12.0 Å². The zero-order valence-electron chi connectivity index (χ0n) is 10.5. The van der Waals surface area contributed by atoms with Gasteiger partial charge in [0.15, 0.2) is 0 Å². The average Bonchev–Trinajstić information content (AvgIpc) is 2.54. The monoisotopic (exact) mass is 212 g/mol. The predicted octanol–water partition coefficient (Wildman–Crippen LogP) is 2.15. The normalized spacial score (nSPS) is 10.5. The van der Waals surface area contributed by atoms with E-state index in [9.17, 15) is 0 Å². The molecule has 0 amide bonds. The number of nitrogens with one attached hydrogen (secondary N) is 2. The van der Waals surface area contributed by atoms with Crippen LogP contribution in [0.25, 0.3) is 0 Å². The van der Waals surface area contributed by atoms with E-state index in [0.29, 0.717) is 6.54 Å². The van der Waals surface area contributed by atoms with Crippen molar-refractivity contribution in [2.24, 2.45) is 5.73 Å². The van der Waals surface area contributed by atoms with E-state index in [2.05, 4.69) is 36.3 Å². The van der Waals surface area contributed by atoms with E-state index in [1.165, 1.54) is 0 Å². The number of nitrogens with zero attached hydrogens (tertiary/aromatic N) is 1. The molecule has 4 N–H and O–H groups in total. The van der Waals surface area contributed by atoms with E-state index < -0.39 is 0 Å². The number of aromatic amines is 1. The minimum absolute atomic E-state index is 0.0627. The average molecular weight is 212 g/mol. The van der Waals surface area contributed by atoms with Crippen LogP contribution in [0.2, 0.25) is 0 Å². The smallest absolute Gasteiger partial charge is 0.0760 e. The molecule has 0 unspecified atom stereocenters. The molecule has 0 aliphatic carbocycles. The molecule has 0 spiro atoms. The van der Waals surface area contributed by atoms with Gasteiger partial charge in [-0.25, -0.2) is 0 Å². The maximum atomic E-state index is 5.48. The standard InChI is InChI=1S/C9H18N4.C2H6/c1-9(2,3)12-8-6-11-13-7(8)4-5-10;1-2/h6,12H,4-5,10H2,1-3H3,(H,11,13);1-2H3. The Morgan fingerprint density at radius 2 is 2.00 bits per heavy atom. The molecule has 0 aromatic carbocycles. The van der Waals surface area contributed by atoms with Crippen molar-refractivity contribution in [2.45, 2.75) is 46.6 Å². The van der Waals surface area contributed by atoms with Crippen molar-refractivity contribution in [3.05, 3.63) is 11.9 Å². The van der Waals surface area contributed by atoms with Crippen LogP contribution in [0.3, 0.4) is 0 Å². The van der Waals surface area contributed by atoms with Crippen LogP contribution in [0, 0.1) is 0 Å². The minimum atomic E-state index is 0.0627. The van der Waals surface area contributed by atoms with Crippen molar-refractivity contribution in [3.63, 3.8) is 0 Å². The number of anilines is 1. The number of H-pyrrole nitrogens is 1. The van der Waals surface area contributed by atoms with Crippen LogP contribution in [0.4, 0.5) is 5.69 Å². The number of aromatic nitrogens is 2. The molecule has 0 bridgehead atoms. The molecular weight excluding hydrogens is 188 g/mol. The number of hydrogen-bond acceptors (Lipinski definition) is 3. The van der Waals surface area contributed by atoms with Crippen molar-refractivity contribution in [1.82, 2.24) is 10.2 Å². The second kappa shape index (κ2) is 6.45. The fraction of sp³-hybridized carbons (Fsp3) is 0.727. The summed E-state index contributed by atoms with van der Waals surface area (Å²) in [5.74, 6) is 0. The Kier molecular flexibility index (Phi) is 6.01. The highest BCUT2D eigenvalue weighted by Gasteiger charge is 2.12. The predicted molar refractivity (Wildman–Crippen MR) is 66.1 cm³/mol. The summed E-state index contributed by atoms with van der Waals surface area (Å²) in [6, 6.07) is 0. The Bertz CT molecular complexity index is 260. The molecule has 1 heterocycles. The summed E-state index contributed by atoms with van der Waals surface area (Å²) in [6.07, 6.45) is 2.63. The molecule has 1 rings (SSSR count). The molecule has 88 valence electrons. The molecule has 4 heteroatoms.